The molecule has 0 aliphatic heterocycles. The Bertz CT molecular complexity index is 708. The second kappa shape index (κ2) is 22.2. The lowest BCUT2D eigenvalue weighted by Crippen LogP contribution is -2.45. The standard InChI is InChI=1S/C29H53N3O7/c1-7-21(20-38-26(34)17-16-25(33)30-6)14-12-13-15-27(35)39-24(18-31-28(36)22(8-2)9-3)19-32-29(37)23(10-4)11-5/h21-24H,7-20H2,1-6H3,(H,30,33)(H,31,36)(H,32,37). The number of nitrogens with one attached hydrogen (secondary N) is 3. The van der Waals surface area contributed by atoms with Crippen LogP contribution in [-0.4, -0.2) is 62.5 Å². The van der Waals surface area contributed by atoms with Crippen molar-refractivity contribution >= 4 is 29.7 Å². The van der Waals surface area contributed by atoms with E-state index in [4.69, 9.17) is 9.47 Å². The van der Waals surface area contributed by atoms with Gasteiger partial charge in [0.15, 0.2) is 0 Å². The molecular formula is C29H53N3O7. The summed E-state index contributed by atoms with van der Waals surface area (Å²) in [6.45, 7) is 10.4. The zero-order chi connectivity index (χ0) is 29.6. The van der Waals surface area contributed by atoms with E-state index in [1.54, 1.807) is 0 Å². The maximum atomic E-state index is 12.6. The Morgan fingerprint density at radius 3 is 1.67 bits per heavy atom. The topological polar surface area (TPSA) is 140 Å². The van der Waals surface area contributed by atoms with Gasteiger partial charge in [0.25, 0.3) is 0 Å². The van der Waals surface area contributed by atoms with E-state index in [1.807, 2.05) is 34.6 Å². The van der Waals surface area contributed by atoms with Gasteiger partial charge in [0.1, 0.15) is 6.10 Å². The van der Waals surface area contributed by atoms with Crippen LogP contribution in [0, 0.1) is 17.8 Å². The zero-order valence-electron chi connectivity index (χ0n) is 25.1. The van der Waals surface area contributed by atoms with Crippen molar-refractivity contribution in [1.29, 1.82) is 0 Å². The van der Waals surface area contributed by atoms with Crippen molar-refractivity contribution < 1.29 is 33.4 Å². The normalized spacial score (nSPS) is 11.8. The van der Waals surface area contributed by atoms with Crippen molar-refractivity contribution in [2.24, 2.45) is 17.8 Å². The Hall–Kier alpha value is -2.65. The molecule has 0 fully saturated rings. The molecule has 0 saturated carbocycles. The molecule has 10 heteroatoms. The summed E-state index contributed by atoms with van der Waals surface area (Å²) in [5.74, 6) is -1.13. The molecule has 0 rings (SSSR count). The van der Waals surface area contributed by atoms with Gasteiger partial charge in [0, 0.05) is 31.7 Å². The predicted octanol–water partition coefficient (Wildman–Crippen LogP) is 3.66. The van der Waals surface area contributed by atoms with Gasteiger partial charge in [-0.1, -0.05) is 47.5 Å². The summed E-state index contributed by atoms with van der Waals surface area (Å²) in [6, 6.07) is 0. The number of carbonyl (C=O) groups is 5. The fraction of sp³-hybridized carbons (Fsp3) is 0.828. The molecule has 0 aliphatic rings. The minimum absolute atomic E-state index is 0.0547. The van der Waals surface area contributed by atoms with Gasteiger partial charge >= 0.3 is 11.9 Å². The van der Waals surface area contributed by atoms with Crippen LogP contribution in [0.15, 0.2) is 0 Å². The number of hydrogen-bond acceptors (Lipinski definition) is 7. The van der Waals surface area contributed by atoms with E-state index < -0.39 is 6.10 Å². The minimum atomic E-state index is -0.647. The molecule has 0 saturated heterocycles. The molecule has 0 heterocycles. The number of esters is 2. The molecule has 0 bridgehead atoms. The number of ether oxygens (including phenoxy) is 2. The fourth-order valence-electron chi connectivity index (χ4n) is 4.17. The SMILES string of the molecule is CCC(CCCCC(=O)OC(CNC(=O)C(CC)CC)CNC(=O)C(CC)CC)COC(=O)CCC(=O)NC. The van der Waals surface area contributed by atoms with Gasteiger partial charge in [0.2, 0.25) is 17.7 Å². The van der Waals surface area contributed by atoms with E-state index in [-0.39, 0.29) is 79.8 Å². The number of unbranched alkanes of at least 4 members (excludes halogenated alkanes) is 1. The number of hydrogen-bond donors (Lipinski definition) is 3. The maximum absolute atomic E-state index is 12.6. The Balaban J connectivity index is 4.67. The molecular weight excluding hydrogens is 502 g/mol. The smallest absolute Gasteiger partial charge is 0.306 e. The van der Waals surface area contributed by atoms with Gasteiger partial charge in [-0.05, 0) is 44.4 Å². The van der Waals surface area contributed by atoms with E-state index in [1.165, 1.54) is 7.05 Å². The molecule has 10 nitrogen and oxygen atoms in total. The lowest BCUT2D eigenvalue weighted by Gasteiger charge is -2.22. The van der Waals surface area contributed by atoms with Gasteiger partial charge in [-0.3, -0.25) is 24.0 Å². The Kier molecular flexibility index (Phi) is 20.7. The third-order valence-electron chi connectivity index (χ3n) is 7.15. The lowest BCUT2D eigenvalue weighted by atomic mass is 9.99. The average Bonchev–Trinajstić information content (AvgIpc) is 2.93. The third-order valence-corrected chi connectivity index (χ3v) is 7.15. The summed E-state index contributed by atoms with van der Waals surface area (Å²) < 4.78 is 10.9. The van der Waals surface area contributed by atoms with Gasteiger partial charge in [-0.15, -0.1) is 0 Å². The quantitative estimate of drug-likeness (QED) is 0.137. The second-order valence-electron chi connectivity index (χ2n) is 10.0. The van der Waals surface area contributed by atoms with E-state index in [2.05, 4.69) is 16.0 Å². The first-order chi connectivity index (χ1) is 18.6. The Morgan fingerprint density at radius 2 is 1.21 bits per heavy atom. The highest BCUT2D eigenvalue weighted by molar-refractivity contribution is 5.81. The Labute approximate surface area is 235 Å². The van der Waals surface area contributed by atoms with Crippen LogP contribution in [-0.2, 0) is 33.4 Å². The van der Waals surface area contributed by atoms with Crippen LogP contribution >= 0.6 is 0 Å². The fourth-order valence-corrected chi connectivity index (χ4v) is 4.17. The first-order valence-corrected chi connectivity index (χ1v) is 14.8. The minimum Gasteiger partial charge on any atom is -0.465 e. The first kappa shape index (κ1) is 36.4. The molecule has 226 valence electrons. The van der Waals surface area contributed by atoms with E-state index in [0.29, 0.717) is 13.0 Å². The van der Waals surface area contributed by atoms with Crippen molar-refractivity contribution in [1.82, 2.24) is 16.0 Å². The highest BCUT2D eigenvalue weighted by Crippen LogP contribution is 2.15. The van der Waals surface area contributed by atoms with Crippen LogP contribution in [0.1, 0.15) is 105 Å². The third kappa shape index (κ3) is 16.8. The summed E-state index contributed by atoms with van der Waals surface area (Å²) in [4.78, 5) is 60.5. The molecule has 0 aliphatic carbocycles. The molecule has 0 aromatic heterocycles. The average molecular weight is 556 g/mol. The lowest BCUT2D eigenvalue weighted by molar-refractivity contribution is -0.150. The molecule has 1 unspecified atom stereocenters. The number of carbonyl (C=O) groups excluding carboxylic acids is 5. The van der Waals surface area contributed by atoms with Crippen molar-refractivity contribution in [3.8, 4) is 0 Å². The van der Waals surface area contributed by atoms with Gasteiger partial charge in [-0.2, -0.15) is 0 Å². The van der Waals surface area contributed by atoms with E-state index in [9.17, 15) is 24.0 Å². The summed E-state index contributed by atoms with van der Waals surface area (Å²) >= 11 is 0. The summed E-state index contributed by atoms with van der Waals surface area (Å²) in [6.07, 6.45) is 5.67. The van der Waals surface area contributed by atoms with Gasteiger partial charge in [0.05, 0.1) is 26.1 Å². The van der Waals surface area contributed by atoms with E-state index in [0.717, 1.165) is 44.9 Å². The van der Waals surface area contributed by atoms with Crippen LogP contribution in [0.2, 0.25) is 0 Å². The largest absolute Gasteiger partial charge is 0.465 e. The maximum Gasteiger partial charge on any atom is 0.306 e. The number of rotatable bonds is 22. The van der Waals surface area contributed by atoms with E-state index >= 15 is 0 Å². The van der Waals surface area contributed by atoms with Crippen molar-refractivity contribution in [2.45, 2.75) is 111 Å². The van der Waals surface area contributed by atoms with Gasteiger partial charge < -0.3 is 25.4 Å². The molecule has 3 amide bonds. The summed E-state index contributed by atoms with van der Waals surface area (Å²) in [5, 5.41) is 8.21. The first-order valence-electron chi connectivity index (χ1n) is 14.8. The Morgan fingerprint density at radius 1 is 0.667 bits per heavy atom. The van der Waals surface area contributed by atoms with Gasteiger partial charge in [-0.25, -0.2) is 0 Å². The van der Waals surface area contributed by atoms with Crippen LogP contribution in [0.4, 0.5) is 0 Å². The van der Waals surface area contributed by atoms with Crippen LogP contribution in [0.25, 0.3) is 0 Å². The summed E-state index contributed by atoms with van der Waals surface area (Å²) in [5.41, 5.74) is 0. The second-order valence-corrected chi connectivity index (χ2v) is 10.0. The zero-order valence-corrected chi connectivity index (χ0v) is 25.1. The molecule has 0 aromatic carbocycles. The van der Waals surface area contributed by atoms with Crippen molar-refractivity contribution in [2.75, 3.05) is 26.7 Å². The summed E-state index contributed by atoms with van der Waals surface area (Å²) in [7, 11) is 1.52. The van der Waals surface area contributed by atoms with Crippen molar-refractivity contribution in [3.63, 3.8) is 0 Å². The molecule has 0 radical (unpaired) electrons. The molecule has 0 aromatic rings. The molecule has 3 N–H and O–H groups in total. The monoisotopic (exact) mass is 555 g/mol. The highest BCUT2D eigenvalue weighted by Gasteiger charge is 2.21. The molecule has 39 heavy (non-hydrogen) atoms. The molecule has 1 atom stereocenters. The van der Waals surface area contributed by atoms with Crippen LogP contribution in [0.5, 0.6) is 0 Å². The number of amides is 3. The van der Waals surface area contributed by atoms with Crippen LogP contribution < -0.4 is 16.0 Å². The molecule has 0 spiro atoms. The van der Waals surface area contributed by atoms with Crippen LogP contribution in [0.3, 0.4) is 0 Å². The van der Waals surface area contributed by atoms with Crippen molar-refractivity contribution in [3.05, 3.63) is 0 Å². The highest BCUT2D eigenvalue weighted by atomic mass is 16.5. The predicted molar refractivity (Wildman–Crippen MR) is 151 cm³/mol.